The first-order valence-electron chi connectivity index (χ1n) is 16.6. The van der Waals surface area contributed by atoms with E-state index in [2.05, 4.69) is 89.9 Å². The SMILES string of the molecule is c1ccc(-c2cc(-c3ccc(-c4cccc5oc6ccccc6c45)c4oc5ccccc5c34)nc(-c3ccc(-c4ccncc4)cc3)n2)cc1. The van der Waals surface area contributed by atoms with Gasteiger partial charge in [0.05, 0.1) is 11.4 Å². The van der Waals surface area contributed by atoms with Crippen molar-refractivity contribution in [3.05, 3.63) is 164 Å². The summed E-state index contributed by atoms with van der Waals surface area (Å²) in [7, 11) is 0. The summed E-state index contributed by atoms with van der Waals surface area (Å²) in [5.74, 6) is 0.655. The largest absolute Gasteiger partial charge is 0.456 e. The first kappa shape index (κ1) is 28.2. The van der Waals surface area contributed by atoms with Crippen LogP contribution in [0.25, 0.3) is 100 Å². The van der Waals surface area contributed by atoms with Crippen molar-refractivity contribution in [1.29, 1.82) is 0 Å². The molecule has 0 radical (unpaired) electrons. The number of hydrogen-bond donors (Lipinski definition) is 0. The summed E-state index contributed by atoms with van der Waals surface area (Å²) in [5, 5.41) is 4.20. The summed E-state index contributed by atoms with van der Waals surface area (Å²) in [6.45, 7) is 0. The third-order valence-electron chi connectivity index (χ3n) is 9.45. The Balaban J connectivity index is 1.21. The molecule has 0 bridgehead atoms. The Morgan fingerprint density at radius 2 is 1.00 bits per heavy atom. The summed E-state index contributed by atoms with van der Waals surface area (Å²) < 4.78 is 13.0. The summed E-state index contributed by atoms with van der Waals surface area (Å²) >= 11 is 0. The predicted molar refractivity (Wildman–Crippen MR) is 202 cm³/mol. The zero-order valence-corrected chi connectivity index (χ0v) is 26.7. The molecule has 0 unspecified atom stereocenters. The van der Waals surface area contributed by atoms with Crippen LogP contribution in [0.3, 0.4) is 0 Å². The van der Waals surface area contributed by atoms with Crippen molar-refractivity contribution in [3.8, 4) is 56.2 Å². The number of hydrogen-bond acceptors (Lipinski definition) is 5. The highest BCUT2D eigenvalue weighted by Crippen LogP contribution is 2.45. The smallest absolute Gasteiger partial charge is 0.160 e. The van der Waals surface area contributed by atoms with Gasteiger partial charge in [-0.1, -0.05) is 109 Å². The molecule has 0 fully saturated rings. The molecule has 0 amide bonds. The molecule has 0 aliphatic heterocycles. The molecule has 234 valence electrons. The molecule has 5 heteroatoms. The monoisotopic (exact) mass is 641 g/mol. The Morgan fingerprint density at radius 1 is 0.380 bits per heavy atom. The average Bonchev–Trinajstić information content (AvgIpc) is 3.77. The zero-order chi connectivity index (χ0) is 33.0. The Bertz CT molecular complexity index is 2850. The predicted octanol–water partition coefficient (Wildman–Crippen LogP) is 12.0. The number of aromatic nitrogens is 3. The lowest BCUT2D eigenvalue weighted by atomic mass is 9.94. The fourth-order valence-electron chi connectivity index (χ4n) is 7.08. The molecule has 0 spiro atoms. The molecule has 10 aromatic rings. The molecule has 5 nitrogen and oxygen atoms in total. The van der Waals surface area contributed by atoms with E-state index in [1.54, 1.807) is 0 Å². The molecule has 0 N–H and O–H groups in total. The lowest BCUT2D eigenvalue weighted by Gasteiger charge is -2.12. The van der Waals surface area contributed by atoms with Crippen molar-refractivity contribution in [1.82, 2.24) is 15.0 Å². The molecule has 0 saturated carbocycles. The second-order valence-electron chi connectivity index (χ2n) is 12.4. The van der Waals surface area contributed by atoms with Gasteiger partial charge < -0.3 is 8.83 Å². The van der Waals surface area contributed by atoms with Gasteiger partial charge in [-0.3, -0.25) is 4.98 Å². The van der Waals surface area contributed by atoms with Crippen LogP contribution >= 0.6 is 0 Å². The van der Waals surface area contributed by atoms with Crippen LogP contribution in [0.5, 0.6) is 0 Å². The lowest BCUT2D eigenvalue weighted by Crippen LogP contribution is -1.96. The fraction of sp³-hybridized carbons (Fsp3) is 0. The molecule has 4 aromatic heterocycles. The topological polar surface area (TPSA) is 65.0 Å². The van der Waals surface area contributed by atoms with Crippen LogP contribution in [0.1, 0.15) is 0 Å². The minimum absolute atomic E-state index is 0.655. The van der Waals surface area contributed by atoms with Gasteiger partial charge >= 0.3 is 0 Å². The molecule has 0 aliphatic rings. The van der Waals surface area contributed by atoms with Crippen molar-refractivity contribution < 1.29 is 8.83 Å². The van der Waals surface area contributed by atoms with E-state index in [4.69, 9.17) is 18.8 Å². The lowest BCUT2D eigenvalue weighted by molar-refractivity contribution is 0.668. The second kappa shape index (κ2) is 11.4. The van der Waals surface area contributed by atoms with Crippen LogP contribution in [-0.4, -0.2) is 15.0 Å². The number of benzene rings is 6. The van der Waals surface area contributed by atoms with Gasteiger partial charge in [-0.05, 0) is 59.2 Å². The number of para-hydroxylation sites is 2. The standard InChI is InChI=1S/C45H27N3O2/c1-2-9-30(10-3-1)37-27-38(48-45(47-37)31-19-17-28(18-20-31)29-23-25-46-26-24-29)34-22-21-33(44-43(34)36-12-5-7-15-40(36)50-44)32-13-8-16-41-42(32)35-11-4-6-14-39(35)49-41/h1-27H. The van der Waals surface area contributed by atoms with E-state index in [0.29, 0.717) is 5.82 Å². The number of fused-ring (bicyclic) bond motifs is 6. The number of furan rings is 2. The molecule has 4 heterocycles. The summed E-state index contributed by atoms with van der Waals surface area (Å²) in [5.41, 5.74) is 12.2. The number of pyridine rings is 1. The van der Waals surface area contributed by atoms with Crippen LogP contribution in [0.15, 0.2) is 173 Å². The van der Waals surface area contributed by atoms with E-state index < -0.39 is 0 Å². The first-order chi connectivity index (χ1) is 24.8. The molecule has 0 saturated heterocycles. The Hall–Kier alpha value is -6.85. The highest BCUT2D eigenvalue weighted by molar-refractivity contribution is 6.20. The van der Waals surface area contributed by atoms with Gasteiger partial charge in [0.25, 0.3) is 0 Å². The second-order valence-corrected chi connectivity index (χ2v) is 12.4. The van der Waals surface area contributed by atoms with Crippen molar-refractivity contribution in [2.24, 2.45) is 0 Å². The maximum Gasteiger partial charge on any atom is 0.160 e. The van der Waals surface area contributed by atoms with Crippen LogP contribution < -0.4 is 0 Å². The van der Waals surface area contributed by atoms with Crippen LogP contribution in [0.2, 0.25) is 0 Å². The Kier molecular flexibility index (Phi) is 6.42. The van der Waals surface area contributed by atoms with Gasteiger partial charge in [-0.25, -0.2) is 9.97 Å². The van der Waals surface area contributed by atoms with Crippen LogP contribution in [0, 0.1) is 0 Å². The summed E-state index contributed by atoms with van der Waals surface area (Å²) in [6.07, 6.45) is 3.62. The first-order valence-corrected chi connectivity index (χ1v) is 16.6. The van der Waals surface area contributed by atoms with Crippen molar-refractivity contribution in [3.63, 3.8) is 0 Å². The van der Waals surface area contributed by atoms with Crippen LogP contribution in [0.4, 0.5) is 0 Å². The van der Waals surface area contributed by atoms with E-state index in [9.17, 15) is 0 Å². The molecule has 10 rings (SSSR count). The minimum Gasteiger partial charge on any atom is -0.456 e. The summed E-state index contributed by atoms with van der Waals surface area (Å²) in [6, 6.07) is 51.8. The van der Waals surface area contributed by atoms with E-state index >= 15 is 0 Å². The molecule has 0 aliphatic carbocycles. The van der Waals surface area contributed by atoms with Gasteiger partial charge in [-0.2, -0.15) is 0 Å². The van der Waals surface area contributed by atoms with Gasteiger partial charge in [-0.15, -0.1) is 0 Å². The molecular weight excluding hydrogens is 615 g/mol. The van der Waals surface area contributed by atoms with Gasteiger partial charge in [0, 0.05) is 56.2 Å². The van der Waals surface area contributed by atoms with Crippen molar-refractivity contribution in [2.45, 2.75) is 0 Å². The van der Waals surface area contributed by atoms with E-state index in [1.165, 1.54) is 0 Å². The Labute approximate surface area is 287 Å². The van der Waals surface area contributed by atoms with Gasteiger partial charge in [0.2, 0.25) is 0 Å². The molecule has 6 aromatic carbocycles. The summed E-state index contributed by atoms with van der Waals surface area (Å²) in [4.78, 5) is 14.5. The zero-order valence-electron chi connectivity index (χ0n) is 26.7. The van der Waals surface area contributed by atoms with Gasteiger partial charge in [0.1, 0.15) is 22.3 Å². The third kappa shape index (κ3) is 4.60. The van der Waals surface area contributed by atoms with E-state index in [-0.39, 0.29) is 0 Å². The molecular formula is C45H27N3O2. The maximum absolute atomic E-state index is 6.74. The number of rotatable bonds is 5. The third-order valence-corrected chi connectivity index (χ3v) is 9.45. The average molecular weight is 642 g/mol. The highest BCUT2D eigenvalue weighted by Gasteiger charge is 2.22. The van der Waals surface area contributed by atoms with E-state index in [1.807, 2.05) is 79.1 Å². The van der Waals surface area contributed by atoms with Crippen LogP contribution in [-0.2, 0) is 0 Å². The van der Waals surface area contributed by atoms with E-state index in [0.717, 1.165) is 94.2 Å². The highest BCUT2D eigenvalue weighted by atomic mass is 16.3. The minimum atomic E-state index is 0.655. The van der Waals surface area contributed by atoms with Gasteiger partial charge in [0.15, 0.2) is 5.82 Å². The maximum atomic E-state index is 6.74. The normalized spacial score (nSPS) is 11.6. The van der Waals surface area contributed by atoms with Crippen molar-refractivity contribution in [2.75, 3.05) is 0 Å². The fourth-order valence-corrected chi connectivity index (χ4v) is 7.08. The van der Waals surface area contributed by atoms with Crippen molar-refractivity contribution >= 4 is 43.9 Å². The molecule has 50 heavy (non-hydrogen) atoms. The number of nitrogens with zero attached hydrogens (tertiary/aromatic N) is 3. The molecule has 0 atom stereocenters. The quantitative estimate of drug-likeness (QED) is 0.187. The Morgan fingerprint density at radius 3 is 1.80 bits per heavy atom.